The third kappa shape index (κ3) is 2.24. The summed E-state index contributed by atoms with van der Waals surface area (Å²) in [7, 11) is 1.75. The van der Waals surface area contributed by atoms with Crippen molar-refractivity contribution in [3.8, 4) is 5.75 Å². The number of ether oxygens (including phenoxy) is 1. The highest BCUT2D eigenvalue weighted by Gasteiger charge is 2.53. The number of rotatable bonds is 4. The largest absolute Gasteiger partial charge is 0.497 e. The van der Waals surface area contributed by atoms with E-state index in [1.807, 2.05) is 6.07 Å². The average molecular weight is 272 g/mol. The molecule has 20 heavy (non-hydrogen) atoms. The molecule has 4 aliphatic rings. The van der Waals surface area contributed by atoms with Crippen molar-refractivity contribution in [1.29, 1.82) is 0 Å². The van der Waals surface area contributed by atoms with Crippen LogP contribution in [0.2, 0.25) is 0 Å². The van der Waals surface area contributed by atoms with Crippen molar-refractivity contribution >= 4 is 0 Å². The van der Waals surface area contributed by atoms with Gasteiger partial charge in [-0.25, -0.2) is 0 Å². The van der Waals surface area contributed by atoms with Gasteiger partial charge in [-0.1, -0.05) is 12.1 Å². The zero-order valence-electron chi connectivity index (χ0n) is 12.5. The summed E-state index contributed by atoms with van der Waals surface area (Å²) < 4.78 is 5.34. The quantitative estimate of drug-likeness (QED) is 0.896. The Balaban J connectivity index is 1.46. The van der Waals surface area contributed by atoms with Crippen molar-refractivity contribution in [3.05, 3.63) is 29.8 Å². The van der Waals surface area contributed by atoms with Crippen LogP contribution >= 0.6 is 0 Å². The van der Waals surface area contributed by atoms with Crippen LogP contribution in [0.25, 0.3) is 0 Å². The van der Waals surface area contributed by atoms with Gasteiger partial charge < -0.3 is 10.1 Å². The van der Waals surface area contributed by atoms with Crippen LogP contribution in [0.5, 0.6) is 5.75 Å². The second-order valence-electron chi connectivity index (χ2n) is 7.54. The molecule has 4 aliphatic carbocycles. The van der Waals surface area contributed by atoms with Crippen molar-refractivity contribution < 1.29 is 10.1 Å². The number of hydrogen-bond donors (Lipinski definition) is 1. The van der Waals surface area contributed by atoms with Crippen LogP contribution in [-0.4, -0.2) is 12.6 Å². The summed E-state index contributed by atoms with van der Waals surface area (Å²) in [4.78, 5) is 0. The minimum atomic E-state index is 0.581. The third-order valence-electron chi connectivity index (χ3n) is 5.99. The van der Waals surface area contributed by atoms with Gasteiger partial charge in [0.2, 0.25) is 0 Å². The topological polar surface area (TPSA) is 25.8 Å². The molecule has 0 heterocycles. The third-order valence-corrected chi connectivity index (χ3v) is 5.99. The molecule has 0 atom stereocenters. The lowest BCUT2D eigenvalue weighted by molar-refractivity contribution is -0.752. The van der Waals surface area contributed by atoms with Gasteiger partial charge in [-0.15, -0.1) is 0 Å². The maximum Gasteiger partial charge on any atom is 0.119 e. The van der Waals surface area contributed by atoms with Crippen molar-refractivity contribution in [1.82, 2.24) is 0 Å². The molecular formula is C18H26NO+. The van der Waals surface area contributed by atoms with Crippen molar-refractivity contribution in [2.45, 2.75) is 50.6 Å². The van der Waals surface area contributed by atoms with E-state index in [0.717, 1.165) is 30.0 Å². The molecule has 0 aliphatic heterocycles. The summed E-state index contributed by atoms with van der Waals surface area (Å²) in [6.45, 7) is 1.11. The Hall–Kier alpha value is -1.02. The van der Waals surface area contributed by atoms with Crippen LogP contribution in [0.4, 0.5) is 0 Å². The first-order valence-corrected chi connectivity index (χ1v) is 8.22. The number of hydrogen-bond acceptors (Lipinski definition) is 1. The highest BCUT2D eigenvalue weighted by Crippen LogP contribution is 2.54. The van der Waals surface area contributed by atoms with E-state index < -0.39 is 0 Å². The van der Waals surface area contributed by atoms with E-state index in [9.17, 15) is 0 Å². The Bertz CT molecular complexity index is 461. The lowest BCUT2D eigenvalue weighted by Gasteiger charge is -2.54. The van der Waals surface area contributed by atoms with Gasteiger partial charge in [-0.05, 0) is 49.1 Å². The summed E-state index contributed by atoms with van der Waals surface area (Å²) in [5, 5.41) is 2.67. The van der Waals surface area contributed by atoms with Gasteiger partial charge >= 0.3 is 0 Å². The van der Waals surface area contributed by atoms with Gasteiger partial charge in [0, 0.05) is 24.8 Å². The fourth-order valence-corrected chi connectivity index (χ4v) is 5.56. The highest BCUT2D eigenvalue weighted by molar-refractivity contribution is 5.27. The molecule has 5 rings (SSSR count). The summed E-state index contributed by atoms with van der Waals surface area (Å²) in [5.74, 6) is 4.12. The molecule has 2 heteroatoms. The van der Waals surface area contributed by atoms with E-state index >= 15 is 0 Å². The zero-order chi connectivity index (χ0) is 13.6. The van der Waals surface area contributed by atoms with Crippen LogP contribution < -0.4 is 10.1 Å². The lowest BCUT2D eigenvalue weighted by Crippen LogP contribution is -2.97. The summed E-state index contributed by atoms with van der Waals surface area (Å²) in [6.07, 6.45) is 9.03. The fraction of sp³-hybridized carbons (Fsp3) is 0.667. The van der Waals surface area contributed by atoms with Gasteiger partial charge in [0.25, 0.3) is 0 Å². The normalized spacial score (nSPS) is 38.1. The van der Waals surface area contributed by atoms with E-state index in [0.29, 0.717) is 5.54 Å². The molecule has 1 aromatic rings. The molecule has 0 radical (unpaired) electrons. The smallest absolute Gasteiger partial charge is 0.119 e. The average Bonchev–Trinajstić information content (AvgIpc) is 2.44. The molecule has 2 nitrogen and oxygen atoms in total. The first-order chi connectivity index (χ1) is 9.75. The molecule has 4 bridgehead atoms. The Morgan fingerprint density at radius 3 is 2.35 bits per heavy atom. The van der Waals surface area contributed by atoms with E-state index in [2.05, 4.69) is 23.5 Å². The Morgan fingerprint density at radius 2 is 1.75 bits per heavy atom. The minimum Gasteiger partial charge on any atom is -0.497 e. The maximum atomic E-state index is 5.34. The standard InChI is InChI=1S/C18H25NO/c1-20-17-4-2-3-13(8-17)12-19-18-9-14-5-15(10-18)7-16(6-14)11-18/h2-4,8,14-16,19H,5-7,9-12H2,1H3/p+1. The molecule has 0 amide bonds. The minimum absolute atomic E-state index is 0.581. The summed E-state index contributed by atoms with van der Waals surface area (Å²) in [5.41, 5.74) is 1.98. The predicted molar refractivity (Wildman–Crippen MR) is 79.5 cm³/mol. The van der Waals surface area contributed by atoms with Gasteiger partial charge in [0.1, 0.15) is 12.3 Å². The van der Waals surface area contributed by atoms with Crippen LogP contribution in [0.15, 0.2) is 24.3 Å². The second-order valence-corrected chi connectivity index (χ2v) is 7.54. The van der Waals surface area contributed by atoms with Crippen LogP contribution in [0, 0.1) is 17.8 Å². The highest BCUT2D eigenvalue weighted by atomic mass is 16.5. The van der Waals surface area contributed by atoms with Gasteiger partial charge in [-0.3, -0.25) is 0 Å². The molecule has 0 aromatic heterocycles. The molecule has 0 unspecified atom stereocenters. The van der Waals surface area contributed by atoms with Crippen LogP contribution in [0.1, 0.15) is 44.1 Å². The Morgan fingerprint density at radius 1 is 1.10 bits per heavy atom. The number of nitrogens with two attached hydrogens (primary N) is 1. The van der Waals surface area contributed by atoms with Gasteiger partial charge in [0.05, 0.1) is 12.6 Å². The molecule has 108 valence electrons. The zero-order valence-corrected chi connectivity index (χ0v) is 12.5. The van der Waals surface area contributed by atoms with E-state index in [-0.39, 0.29) is 0 Å². The van der Waals surface area contributed by atoms with Crippen molar-refractivity contribution in [2.75, 3.05) is 7.11 Å². The van der Waals surface area contributed by atoms with E-state index in [1.54, 1.807) is 7.11 Å². The van der Waals surface area contributed by atoms with Crippen molar-refractivity contribution in [3.63, 3.8) is 0 Å². The molecule has 0 spiro atoms. The summed E-state index contributed by atoms with van der Waals surface area (Å²) in [6, 6.07) is 8.58. The van der Waals surface area contributed by atoms with Crippen molar-refractivity contribution in [2.24, 2.45) is 17.8 Å². The van der Waals surface area contributed by atoms with E-state index in [1.165, 1.54) is 44.1 Å². The number of methoxy groups -OCH3 is 1. The first-order valence-electron chi connectivity index (χ1n) is 8.22. The molecular weight excluding hydrogens is 246 g/mol. The Kier molecular flexibility index (Phi) is 3.03. The molecule has 0 saturated heterocycles. The number of benzene rings is 1. The fourth-order valence-electron chi connectivity index (χ4n) is 5.56. The SMILES string of the molecule is COc1cccc(C[NH2+]C23CC4CC(CC(C4)C2)C3)c1. The van der Waals surface area contributed by atoms with E-state index in [4.69, 9.17) is 4.74 Å². The molecule has 4 saturated carbocycles. The first kappa shape index (κ1) is 12.7. The second kappa shape index (κ2) is 4.77. The molecule has 2 N–H and O–H groups in total. The van der Waals surface area contributed by atoms with Gasteiger partial charge in [0.15, 0.2) is 0 Å². The maximum absolute atomic E-state index is 5.34. The molecule has 1 aromatic carbocycles. The predicted octanol–water partition coefficient (Wildman–Crippen LogP) is 2.73. The van der Waals surface area contributed by atoms with Crippen LogP contribution in [0.3, 0.4) is 0 Å². The number of quaternary nitrogens is 1. The lowest BCUT2D eigenvalue weighted by atomic mass is 9.53. The van der Waals surface area contributed by atoms with Crippen LogP contribution in [-0.2, 0) is 6.54 Å². The molecule has 4 fully saturated rings. The van der Waals surface area contributed by atoms with Gasteiger partial charge in [-0.2, -0.15) is 0 Å². The summed E-state index contributed by atoms with van der Waals surface area (Å²) >= 11 is 0. The monoisotopic (exact) mass is 272 g/mol. The Labute approximate surface area is 121 Å².